The highest BCUT2D eigenvalue weighted by molar-refractivity contribution is 7.15. The van der Waals surface area contributed by atoms with Gasteiger partial charge in [0.15, 0.2) is 11.5 Å². The van der Waals surface area contributed by atoms with Gasteiger partial charge in [-0.15, -0.1) is 11.3 Å². The third kappa shape index (κ3) is 6.26. The maximum atomic E-state index is 12.8. The zero-order valence-electron chi connectivity index (χ0n) is 18.9. The molecular formula is C25H27NO6S. The van der Waals surface area contributed by atoms with Crippen LogP contribution in [-0.2, 0) is 9.53 Å². The highest BCUT2D eigenvalue weighted by atomic mass is 32.1. The molecule has 174 valence electrons. The van der Waals surface area contributed by atoms with Crippen LogP contribution in [-0.4, -0.2) is 39.3 Å². The van der Waals surface area contributed by atoms with Gasteiger partial charge in [0.05, 0.1) is 27.4 Å². The quantitative estimate of drug-likeness (QED) is 0.299. The lowest BCUT2D eigenvalue weighted by Crippen LogP contribution is -2.15. The van der Waals surface area contributed by atoms with Crippen LogP contribution in [0.2, 0.25) is 0 Å². The summed E-state index contributed by atoms with van der Waals surface area (Å²) in [4.78, 5) is 25.3. The second kappa shape index (κ2) is 11.9. The summed E-state index contributed by atoms with van der Waals surface area (Å²) in [6.07, 6.45) is 0.808. The van der Waals surface area contributed by atoms with Crippen molar-refractivity contribution in [2.45, 2.75) is 19.8 Å². The van der Waals surface area contributed by atoms with Gasteiger partial charge in [-0.1, -0.05) is 24.3 Å². The highest BCUT2D eigenvalue weighted by Gasteiger charge is 2.23. The number of amides is 1. The van der Waals surface area contributed by atoms with Crippen molar-refractivity contribution in [3.05, 3.63) is 59.5 Å². The van der Waals surface area contributed by atoms with Crippen LogP contribution in [0.3, 0.4) is 0 Å². The number of ether oxygens (including phenoxy) is 4. The summed E-state index contributed by atoms with van der Waals surface area (Å²) in [5.74, 6) is 1.20. The van der Waals surface area contributed by atoms with Crippen molar-refractivity contribution in [3.8, 4) is 28.4 Å². The fourth-order valence-corrected chi connectivity index (χ4v) is 4.17. The van der Waals surface area contributed by atoms with E-state index >= 15 is 0 Å². The van der Waals surface area contributed by atoms with Crippen LogP contribution < -0.4 is 19.5 Å². The molecule has 1 N–H and O–H groups in total. The Morgan fingerprint density at radius 1 is 1.00 bits per heavy atom. The molecule has 8 heteroatoms. The third-order valence-corrected chi connectivity index (χ3v) is 5.67. The predicted octanol–water partition coefficient (Wildman–Crippen LogP) is 5.41. The molecular weight excluding hydrogens is 442 g/mol. The molecule has 0 spiro atoms. The summed E-state index contributed by atoms with van der Waals surface area (Å²) in [6, 6.07) is 14.8. The molecule has 0 aliphatic rings. The number of rotatable bonds is 11. The van der Waals surface area contributed by atoms with Crippen molar-refractivity contribution in [1.82, 2.24) is 0 Å². The smallest absolute Gasteiger partial charge is 0.341 e. The monoisotopic (exact) mass is 469 g/mol. The van der Waals surface area contributed by atoms with E-state index in [1.807, 2.05) is 41.8 Å². The summed E-state index contributed by atoms with van der Waals surface area (Å²) in [6.45, 7) is 2.39. The Bertz CT molecular complexity index is 1080. The van der Waals surface area contributed by atoms with Crippen molar-refractivity contribution < 1.29 is 28.5 Å². The van der Waals surface area contributed by atoms with Gasteiger partial charge in [0.25, 0.3) is 0 Å². The SMILES string of the molecule is CCOC(=O)c1c(-c2ccc(OC)c(OC)c2)csc1NC(=O)CCCOc1ccccc1. The van der Waals surface area contributed by atoms with Gasteiger partial charge in [0.2, 0.25) is 5.91 Å². The average molecular weight is 470 g/mol. The second-order valence-corrected chi connectivity index (χ2v) is 7.84. The molecule has 7 nitrogen and oxygen atoms in total. The van der Waals surface area contributed by atoms with Crippen LogP contribution in [0.5, 0.6) is 17.2 Å². The fourth-order valence-electron chi connectivity index (χ4n) is 3.20. The van der Waals surface area contributed by atoms with E-state index in [1.54, 1.807) is 33.3 Å². The Balaban J connectivity index is 1.73. The van der Waals surface area contributed by atoms with E-state index in [9.17, 15) is 9.59 Å². The molecule has 0 aliphatic heterocycles. The first-order valence-electron chi connectivity index (χ1n) is 10.6. The Hall–Kier alpha value is -3.52. The predicted molar refractivity (Wildman–Crippen MR) is 129 cm³/mol. The van der Waals surface area contributed by atoms with E-state index in [0.717, 1.165) is 11.3 Å². The van der Waals surface area contributed by atoms with Crippen LogP contribution in [0.25, 0.3) is 11.1 Å². The minimum Gasteiger partial charge on any atom is -0.494 e. The number of methoxy groups -OCH3 is 2. The molecule has 1 amide bonds. The number of esters is 1. The molecule has 3 aromatic rings. The largest absolute Gasteiger partial charge is 0.494 e. The number of anilines is 1. The van der Waals surface area contributed by atoms with Gasteiger partial charge in [-0.05, 0) is 43.2 Å². The van der Waals surface area contributed by atoms with Crippen molar-refractivity contribution in [1.29, 1.82) is 0 Å². The molecule has 1 aromatic heterocycles. The van der Waals surface area contributed by atoms with Crippen molar-refractivity contribution in [2.75, 3.05) is 32.8 Å². The average Bonchev–Trinajstić information content (AvgIpc) is 3.25. The summed E-state index contributed by atoms with van der Waals surface area (Å²) in [5.41, 5.74) is 1.73. The van der Waals surface area contributed by atoms with Crippen LogP contribution >= 0.6 is 11.3 Å². The molecule has 3 rings (SSSR count). The minimum absolute atomic E-state index is 0.196. The highest BCUT2D eigenvalue weighted by Crippen LogP contribution is 2.39. The summed E-state index contributed by atoms with van der Waals surface area (Å²) in [5, 5.41) is 5.13. The Morgan fingerprint density at radius 2 is 1.76 bits per heavy atom. The van der Waals surface area contributed by atoms with Gasteiger partial charge in [0, 0.05) is 17.4 Å². The molecule has 0 saturated heterocycles. The van der Waals surface area contributed by atoms with Gasteiger partial charge < -0.3 is 24.3 Å². The lowest BCUT2D eigenvalue weighted by molar-refractivity contribution is -0.116. The first-order chi connectivity index (χ1) is 16.1. The molecule has 0 unspecified atom stereocenters. The Morgan fingerprint density at radius 3 is 2.45 bits per heavy atom. The molecule has 1 heterocycles. The Kier molecular flexibility index (Phi) is 8.71. The lowest BCUT2D eigenvalue weighted by Gasteiger charge is -2.11. The zero-order valence-corrected chi connectivity index (χ0v) is 19.7. The zero-order chi connectivity index (χ0) is 23.6. The van der Waals surface area contributed by atoms with Gasteiger partial charge in [-0.3, -0.25) is 4.79 Å². The molecule has 0 radical (unpaired) electrons. The number of para-hydroxylation sites is 1. The number of benzene rings is 2. The molecule has 0 atom stereocenters. The molecule has 0 aliphatic carbocycles. The normalized spacial score (nSPS) is 10.4. The maximum Gasteiger partial charge on any atom is 0.341 e. The van der Waals surface area contributed by atoms with Crippen molar-refractivity contribution in [3.63, 3.8) is 0 Å². The van der Waals surface area contributed by atoms with Crippen molar-refractivity contribution >= 4 is 28.2 Å². The number of hydrogen-bond donors (Lipinski definition) is 1. The second-order valence-electron chi connectivity index (χ2n) is 6.96. The van der Waals surface area contributed by atoms with Gasteiger partial charge in [0.1, 0.15) is 16.3 Å². The first-order valence-corrected chi connectivity index (χ1v) is 11.4. The number of thiophene rings is 1. The van der Waals surface area contributed by atoms with Gasteiger partial charge in [-0.25, -0.2) is 4.79 Å². The van der Waals surface area contributed by atoms with Crippen LogP contribution in [0.15, 0.2) is 53.9 Å². The number of carbonyl (C=O) groups is 2. The first kappa shape index (κ1) is 24.1. The van der Waals surface area contributed by atoms with E-state index in [-0.39, 0.29) is 18.9 Å². The molecule has 2 aromatic carbocycles. The standard InChI is InChI=1S/C25H27NO6S/c1-4-31-25(28)23-19(17-12-13-20(29-2)21(15-17)30-3)16-33-24(23)26-22(27)11-8-14-32-18-9-6-5-7-10-18/h5-7,9-10,12-13,15-16H,4,8,11,14H2,1-3H3,(H,26,27). The number of carbonyl (C=O) groups excluding carboxylic acids is 2. The number of nitrogens with one attached hydrogen (secondary N) is 1. The maximum absolute atomic E-state index is 12.8. The molecule has 33 heavy (non-hydrogen) atoms. The van der Waals surface area contributed by atoms with E-state index in [4.69, 9.17) is 18.9 Å². The topological polar surface area (TPSA) is 83.1 Å². The molecule has 0 saturated carbocycles. The van der Waals surface area contributed by atoms with Gasteiger partial charge in [-0.2, -0.15) is 0 Å². The van der Waals surface area contributed by atoms with E-state index in [2.05, 4.69) is 5.32 Å². The van der Waals surface area contributed by atoms with E-state index in [1.165, 1.54) is 11.3 Å². The summed E-state index contributed by atoms with van der Waals surface area (Å²) < 4.78 is 21.6. The minimum atomic E-state index is -0.494. The summed E-state index contributed by atoms with van der Waals surface area (Å²) >= 11 is 1.28. The van der Waals surface area contributed by atoms with E-state index in [0.29, 0.717) is 40.7 Å². The van der Waals surface area contributed by atoms with Gasteiger partial charge >= 0.3 is 5.97 Å². The number of hydrogen-bond acceptors (Lipinski definition) is 7. The van der Waals surface area contributed by atoms with Crippen LogP contribution in [0.1, 0.15) is 30.1 Å². The van der Waals surface area contributed by atoms with E-state index < -0.39 is 5.97 Å². The lowest BCUT2D eigenvalue weighted by atomic mass is 10.0. The summed E-state index contributed by atoms with van der Waals surface area (Å²) in [7, 11) is 3.11. The molecule has 0 fully saturated rings. The van der Waals surface area contributed by atoms with Crippen LogP contribution in [0.4, 0.5) is 5.00 Å². The molecule has 0 bridgehead atoms. The van der Waals surface area contributed by atoms with Crippen LogP contribution in [0, 0.1) is 0 Å². The Labute approximate surface area is 197 Å². The third-order valence-electron chi connectivity index (χ3n) is 4.78. The van der Waals surface area contributed by atoms with Crippen molar-refractivity contribution in [2.24, 2.45) is 0 Å². The fraction of sp³-hybridized carbons (Fsp3) is 0.280.